The predicted octanol–water partition coefficient (Wildman–Crippen LogP) is 28.2. The third-order valence-electron chi connectivity index (χ3n) is 24.7. The van der Waals surface area contributed by atoms with Gasteiger partial charge >= 0.3 is 0 Å². The van der Waals surface area contributed by atoms with E-state index in [0.717, 1.165) is 114 Å². The molecule has 5 heterocycles. The van der Waals surface area contributed by atoms with Crippen LogP contribution in [-0.2, 0) is 16.2 Å². The maximum atomic E-state index is 6.40. The van der Waals surface area contributed by atoms with Crippen molar-refractivity contribution in [3.63, 3.8) is 0 Å². The lowest BCUT2D eigenvalue weighted by Gasteiger charge is -2.31. The van der Waals surface area contributed by atoms with Gasteiger partial charge in [0.25, 0.3) is 0 Å². The first kappa shape index (κ1) is 69.5. The quantitative estimate of drug-likeness (QED) is 0.137. The van der Waals surface area contributed by atoms with Crippen LogP contribution in [0.15, 0.2) is 315 Å². The Bertz CT molecular complexity index is 6630. The van der Waals surface area contributed by atoms with E-state index in [9.17, 15) is 0 Å². The lowest BCUT2D eigenvalue weighted by molar-refractivity contribution is 0.473. The van der Waals surface area contributed by atoms with Crippen molar-refractivity contribution in [2.75, 3.05) is 59.7 Å². The van der Waals surface area contributed by atoms with Crippen molar-refractivity contribution in [2.45, 2.75) is 57.8 Å². The first-order chi connectivity index (χ1) is 55.4. The highest BCUT2D eigenvalue weighted by Crippen LogP contribution is 2.61. The molecule has 10 nitrogen and oxygen atoms in total. The molecule has 0 saturated carbocycles. The van der Waals surface area contributed by atoms with Crippen molar-refractivity contribution < 1.29 is 23.7 Å². The molecule has 556 valence electrons. The van der Waals surface area contributed by atoms with Crippen LogP contribution in [-0.4, -0.2) is 35.2 Å². The fourth-order valence-electron chi connectivity index (χ4n) is 18.5. The van der Waals surface area contributed by atoms with Crippen LogP contribution in [0.4, 0.5) is 56.9 Å². The molecule has 8 aliphatic rings. The second kappa shape index (κ2) is 26.5. The molecule has 0 unspecified atom stereocenters. The van der Waals surface area contributed by atoms with Crippen LogP contribution in [0.2, 0.25) is 0 Å². The Hall–Kier alpha value is -13.7. The normalized spacial score (nSPS) is 14.7. The zero-order valence-electron chi connectivity index (χ0n) is 65.8. The zero-order valence-corrected chi connectivity index (χ0v) is 65.8. The van der Waals surface area contributed by atoms with Crippen LogP contribution in [0, 0.1) is 0 Å². The first-order valence-corrected chi connectivity index (χ1v) is 39.2. The summed E-state index contributed by atoms with van der Waals surface area (Å²) >= 11 is 0. The average molecular weight is 1480 g/mol. The molecule has 3 aliphatic carbocycles. The van der Waals surface area contributed by atoms with Gasteiger partial charge < -0.3 is 48.2 Å². The van der Waals surface area contributed by atoms with E-state index < -0.39 is 0 Å². The Morgan fingerprint density at radius 1 is 0.202 bits per heavy atom. The van der Waals surface area contributed by atoms with Crippen LogP contribution in [0.5, 0.6) is 57.5 Å². The lowest BCUT2D eigenvalue weighted by Crippen LogP contribution is -2.19. The fourth-order valence-corrected chi connectivity index (χ4v) is 18.5. The molecule has 0 aromatic heterocycles. The number of ether oxygens (including phenoxy) is 5. The molecule has 0 atom stereocenters. The molecule has 0 radical (unpaired) electrons. The smallest absolute Gasteiger partial charge is 0.159 e. The summed E-state index contributed by atoms with van der Waals surface area (Å²) in [6.07, 6.45) is 0. The highest BCUT2D eigenvalue weighted by Gasteiger charge is 2.42. The molecule has 0 fully saturated rings. The minimum absolute atomic E-state index is 0.000146. The minimum Gasteiger partial charge on any atom is -0.453 e. The second-order valence-corrected chi connectivity index (χ2v) is 32.2. The summed E-state index contributed by atoms with van der Waals surface area (Å²) < 4.78 is 31.0. The van der Waals surface area contributed by atoms with E-state index in [1.165, 1.54) is 99.1 Å². The number of anilines is 10. The van der Waals surface area contributed by atoms with E-state index in [0.29, 0.717) is 0 Å². The number of rotatable bonds is 0. The molecule has 16 aromatic rings. The monoisotopic (exact) mass is 1480 g/mol. The van der Waals surface area contributed by atoms with Gasteiger partial charge in [-0.05, 0) is 209 Å². The molecule has 0 amide bonds. The highest BCUT2D eigenvalue weighted by molar-refractivity contribution is 6.03. The largest absolute Gasteiger partial charge is 0.453 e. The van der Waals surface area contributed by atoms with Crippen molar-refractivity contribution in [2.24, 2.45) is 0 Å². The standard InChI is InChI=1S/3C22H19NO.C21H15NO.C17H13NO/c1-22(2)16-9-5-4-8-14(16)15-12-21-19(13-17(15)22)23(3)18-10-6-7-11-20(18)24-21;1-22(2)16-9-5-4-8-14(16)15-12-19-21(13-17(15)22)24-20-11-7-6-10-18(20)23(19)3;1-22(2)15-9-5-4-8-14(15)20-16(22)12-13-18-21(20)24-19-11-7-6-10-17(19)23(18)3;1-22-18-8-4-5-9-20(18)23-21-13-17-11-15-7-3-2-6-14(15)10-16(17)12-19(21)22;1-18-14-8-4-5-9-15(14)19-16-11-10-12-6-2-3-7-13(12)17(16)18/h3*4-13H,1-3H3;2-13H,1H3;2-11H,1H3. The Balaban J connectivity index is 0.0000000926. The summed E-state index contributed by atoms with van der Waals surface area (Å²) in [5.41, 5.74) is 27.2. The number of benzene rings is 16. The van der Waals surface area contributed by atoms with Gasteiger partial charge in [0.05, 0.1) is 56.9 Å². The van der Waals surface area contributed by atoms with E-state index in [2.05, 4.69) is 338 Å². The average Bonchev–Trinajstić information content (AvgIpc) is 1.56. The zero-order chi connectivity index (χ0) is 77.6. The molecule has 5 aliphatic heterocycles. The van der Waals surface area contributed by atoms with Crippen LogP contribution in [0.25, 0.3) is 65.7 Å². The number of hydrogen-bond acceptors (Lipinski definition) is 10. The molecule has 24 rings (SSSR count). The molecular weight excluding hydrogens is 1400 g/mol. The number of nitrogens with zero attached hydrogens (tertiary/aromatic N) is 5. The summed E-state index contributed by atoms with van der Waals surface area (Å²) in [5, 5.41) is 7.41. The maximum Gasteiger partial charge on any atom is 0.159 e. The van der Waals surface area contributed by atoms with Gasteiger partial charge in [-0.25, -0.2) is 0 Å². The van der Waals surface area contributed by atoms with Gasteiger partial charge in [-0.15, -0.1) is 0 Å². The van der Waals surface area contributed by atoms with Gasteiger partial charge in [0.2, 0.25) is 0 Å². The van der Waals surface area contributed by atoms with Gasteiger partial charge in [-0.1, -0.05) is 236 Å². The lowest BCUT2D eigenvalue weighted by atomic mass is 9.82. The SMILES string of the molecule is CN1c2ccccc2Oc2c1ccc1c2-c2ccccc2C1(C)C.CN1c2ccccc2Oc2cc3c(cc21)-c1ccccc1C3(C)C.CN1c2ccccc2Oc2cc3c(cc21)C(C)(C)c1ccccc1-3.CN1c2ccccc2Oc2cc3cc4ccccc4cc3cc21.CN1c2ccccc2Oc2ccc3ccccc3c21. The molecule has 10 heteroatoms. The first-order valence-electron chi connectivity index (χ1n) is 39.2. The molecular formula is C104H85N5O5. The maximum absolute atomic E-state index is 6.40. The summed E-state index contributed by atoms with van der Waals surface area (Å²) in [5.74, 6) is 9.25. The van der Waals surface area contributed by atoms with Crippen molar-refractivity contribution in [3.05, 3.63) is 349 Å². The van der Waals surface area contributed by atoms with E-state index >= 15 is 0 Å². The molecule has 0 N–H and O–H groups in total. The van der Waals surface area contributed by atoms with E-state index in [4.69, 9.17) is 23.7 Å². The predicted molar refractivity (Wildman–Crippen MR) is 470 cm³/mol. The van der Waals surface area contributed by atoms with Crippen LogP contribution < -0.4 is 48.2 Å². The van der Waals surface area contributed by atoms with Gasteiger partial charge in [0.15, 0.2) is 57.5 Å². The molecule has 0 saturated heterocycles. The second-order valence-electron chi connectivity index (χ2n) is 32.2. The topological polar surface area (TPSA) is 62.3 Å². The Morgan fingerprint density at radius 2 is 0.570 bits per heavy atom. The molecule has 16 aromatic carbocycles. The van der Waals surface area contributed by atoms with Crippen molar-refractivity contribution in [1.82, 2.24) is 0 Å². The van der Waals surface area contributed by atoms with Crippen molar-refractivity contribution in [1.29, 1.82) is 0 Å². The molecule has 0 bridgehead atoms. The van der Waals surface area contributed by atoms with E-state index in [-0.39, 0.29) is 16.2 Å². The molecule has 114 heavy (non-hydrogen) atoms. The van der Waals surface area contributed by atoms with Crippen LogP contribution in [0.1, 0.15) is 74.9 Å². The summed E-state index contributed by atoms with van der Waals surface area (Å²) in [6, 6.07) is 110. The molecule has 0 spiro atoms. The third-order valence-corrected chi connectivity index (χ3v) is 24.7. The van der Waals surface area contributed by atoms with Crippen LogP contribution in [0.3, 0.4) is 0 Å². The van der Waals surface area contributed by atoms with E-state index in [1.807, 2.05) is 78.9 Å². The highest BCUT2D eigenvalue weighted by atomic mass is 16.5. The Morgan fingerprint density at radius 3 is 1.11 bits per heavy atom. The summed E-state index contributed by atoms with van der Waals surface area (Å²) in [6.45, 7) is 13.8. The van der Waals surface area contributed by atoms with Crippen molar-refractivity contribution >= 4 is 89.2 Å². The Kier molecular flexibility index (Phi) is 16.2. The van der Waals surface area contributed by atoms with Gasteiger partial charge in [-0.3, -0.25) is 0 Å². The summed E-state index contributed by atoms with van der Waals surface area (Å²) in [4.78, 5) is 11.1. The van der Waals surface area contributed by atoms with Crippen molar-refractivity contribution in [3.8, 4) is 90.9 Å². The number of hydrogen-bond donors (Lipinski definition) is 0. The number of para-hydroxylation sites is 10. The third kappa shape index (κ3) is 11.0. The summed E-state index contributed by atoms with van der Waals surface area (Å²) in [7, 11) is 10.5. The van der Waals surface area contributed by atoms with Crippen LogP contribution >= 0.6 is 0 Å². The van der Waals surface area contributed by atoms with Gasteiger partial charge in [0.1, 0.15) is 0 Å². The van der Waals surface area contributed by atoms with Gasteiger partial charge in [-0.2, -0.15) is 0 Å². The number of fused-ring (bicyclic) bond motifs is 24. The fraction of sp³-hybridized carbons (Fsp3) is 0.135. The van der Waals surface area contributed by atoms with E-state index in [1.54, 1.807) is 0 Å². The van der Waals surface area contributed by atoms with Gasteiger partial charge in [0, 0.05) is 62.4 Å². The Labute approximate surface area is 666 Å². The minimum atomic E-state index is -0.000146.